The first-order chi connectivity index (χ1) is 6.21. The maximum absolute atomic E-state index is 2.38. The molecule has 0 N–H and O–H groups in total. The van der Waals surface area contributed by atoms with Gasteiger partial charge in [-0.2, -0.15) is 0 Å². The van der Waals surface area contributed by atoms with Crippen LogP contribution >= 0.6 is 0 Å². The highest BCUT2D eigenvalue weighted by Gasteiger charge is 2.31. The van der Waals surface area contributed by atoms with E-state index in [0.29, 0.717) is 0 Å². The SMILES string of the molecule is C[Si](C)(C)[n+]1cc[n+]([Si](C)(C)C)cc1. The van der Waals surface area contributed by atoms with Crippen LogP contribution in [0.25, 0.3) is 0 Å². The Hall–Kier alpha value is -0.486. The van der Waals surface area contributed by atoms with Crippen molar-refractivity contribution in [1.29, 1.82) is 0 Å². The molecule has 14 heavy (non-hydrogen) atoms. The third-order valence-electron chi connectivity index (χ3n) is 2.32. The summed E-state index contributed by atoms with van der Waals surface area (Å²) in [6.45, 7) is 14.1. The molecule has 0 aliphatic rings. The first-order valence-electron chi connectivity index (χ1n) is 5.15. The second-order valence-electron chi connectivity index (χ2n) is 5.75. The first-order valence-corrected chi connectivity index (χ1v) is 12.0. The normalized spacial score (nSPS) is 13.0. The minimum absolute atomic E-state index is 1.20. The standard InChI is InChI=1S/C10H22N2Si2/c1-13(2,3)11-7-9-12(10-8-11)14(4,5)6/h7-10H,1-6H3/q+2. The second kappa shape index (κ2) is 3.58. The van der Waals surface area contributed by atoms with Gasteiger partial charge in [-0.05, 0) is 39.3 Å². The molecular formula is C10H22N2Si2+2. The monoisotopic (exact) mass is 226 g/mol. The van der Waals surface area contributed by atoms with Crippen LogP contribution in [-0.4, -0.2) is 16.5 Å². The Morgan fingerprint density at radius 1 is 0.571 bits per heavy atom. The minimum Gasteiger partial charge on any atom is -0.270 e. The molecule has 0 radical (unpaired) electrons. The Labute approximate surface area is 89.4 Å². The van der Waals surface area contributed by atoms with Crippen molar-refractivity contribution in [2.24, 2.45) is 0 Å². The van der Waals surface area contributed by atoms with Crippen LogP contribution in [0.3, 0.4) is 0 Å². The molecule has 0 spiro atoms. The van der Waals surface area contributed by atoms with Gasteiger partial charge in [-0.15, -0.1) is 0 Å². The highest BCUT2D eigenvalue weighted by molar-refractivity contribution is 6.68. The van der Waals surface area contributed by atoms with Crippen molar-refractivity contribution in [2.75, 3.05) is 0 Å². The molecule has 0 amide bonds. The van der Waals surface area contributed by atoms with Crippen LogP contribution in [0.5, 0.6) is 0 Å². The molecule has 0 aromatic carbocycles. The molecular weight excluding hydrogens is 204 g/mol. The van der Waals surface area contributed by atoms with Crippen LogP contribution in [-0.2, 0) is 0 Å². The molecule has 1 aromatic heterocycles. The van der Waals surface area contributed by atoms with Gasteiger partial charge in [0.2, 0.25) is 24.8 Å². The van der Waals surface area contributed by atoms with Gasteiger partial charge in [0.15, 0.2) is 0 Å². The van der Waals surface area contributed by atoms with Crippen molar-refractivity contribution < 1.29 is 8.47 Å². The zero-order valence-corrected chi connectivity index (χ0v) is 12.2. The first kappa shape index (κ1) is 11.6. The fourth-order valence-electron chi connectivity index (χ4n) is 1.28. The highest BCUT2D eigenvalue weighted by atomic mass is 28.3. The van der Waals surface area contributed by atoms with Crippen molar-refractivity contribution in [1.82, 2.24) is 0 Å². The Morgan fingerprint density at radius 3 is 0.929 bits per heavy atom. The second-order valence-corrected chi connectivity index (χ2v) is 15.5. The molecule has 0 aliphatic heterocycles. The third kappa shape index (κ3) is 2.75. The summed E-state index contributed by atoms with van der Waals surface area (Å²) in [4.78, 5) is 0. The van der Waals surface area contributed by atoms with E-state index in [1.165, 1.54) is 0 Å². The number of rotatable bonds is 2. The molecule has 1 heterocycles. The van der Waals surface area contributed by atoms with Crippen LogP contribution in [0, 0.1) is 0 Å². The van der Waals surface area contributed by atoms with Crippen molar-refractivity contribution in [3.05, 3.63) is 24.8 Å². The molecule has 4 heteroatoms. The van der Waals surface area contributed by atoms with Gasteiger partial charge in [-0.1, -0.05) is 0 Å². The zero-order chi connectivity index (χ0) is 11.0. The molecule has 2 nitrogen and oxygen atoms in total. The Morgan fingerprint density at radius 2 is 0.786 bits per heavy atom. The van der Waals surface area contributed by atoms with E-state index >= 15 is 0 Å². The summed E-state index contributed by atoms with van der Waals surface area (Å²) in [5.74, 6) is 0. The summed E-state index contributed by atoms with van der Waals surface area (Å²) >= 11 is 0. The molecule has 0 saturated carbocycles. The van der Waals surface area contributed by atoms with Gasteiger partial charge in [-0.25, -0.2) is 0 Å². The largest absolute Gasteiger partial charge is 0.354 e. The number of hydrogen-bond acceptors (Lipinski definition) is 0. The predicted octanol–water partition coefficient (Wildman–Crippen LogP) is 1.63. The van der Waals surface area contributed by atoms with Crippen molar-refractivity contribution >= 4 is 16.5 Å². The summed E-state index contributed by atoms with van der Waals surface area (Å²) in [5, 5.41) is 0. The van der Waals surface area contributed by atoms with Crippen LogP contribution in [0.2, 0.25) is 39.3 Å². The van der Waals surface area contributed by atoms with Crippen LogP contribution in [0.4, 0.5) is 0 Å². The summed E-state index contributed by atoms with van der Waals surface area (Å²) < 4.78 is 4.76. The van der Waals surface area contributed by atoms with Crippen LogP contribution in [0.1, 0.15) is 0 Å². The van der Waals surface area contributed by atoms with E-state index in [-0.39, 0.29) is 0 Å². The van der Waals surface area contributed by atoms with Gasteiger partial charge in [-0.3, -0.25) is 8.47 Å². The van der Waals surface area contributed by atoms with Gasteiger partial charge < -0.3 is 0 Å². The lowest BCUT2D eigenvalue weighted by molar-refractivity contribution is -0.607. The summed E-state index contributed by atoms with van der Waals surface area (Å²) in [6, 6.07) is 0. The Kier molecular flexibility index (Phi) is 2.97. The molecule has 0 fully saturated rings. The molecule has 0 saturated heterocycles. The van der Waals surface area contributed by atoms with E-state index in [4.69, 9.17) is 0 Å². The van der Waals surface area contributed by atoms with E-state index in [1.807, 2.05) is 0 Å². The molecule has 0 atom stereocenters. The average Bonchev–Trinajstić information content (AvgIpc) is 2.01. The summed E-state index contributed by atoms with van der Waals surface area (Å²) in [7, 11) is -2.39. The lowest BCUT2D eigenvalue weighted by Gasteiger charge is -2.11. The third-order valence-corrected chi connectivity index (χ3v) is 6.02. The molecule has 78 valence electrons. The zero-order valence-electron chi connectivity index (χ0n) is 10.2. The van der Waals surface area contributed by atoms with E-state index in [0.717, 1.165) is 0 Å². The van der Waals surface area contributed by atoms with Crippen LogP contribution in [0.15, 0.2) is 24.8 Å². The molecule has 0 aliphatic carbocycles. The van der Waals surface area contributed by atoms with Gasteiger partial charge in [0.1, 0.15) is 0 Å². The van der Waals surface area contributed by atoms with Gasteiger partial charge >= 0.3 is 16.5 Å². The van der Waals surface area contributed by atoms with E-state index < -0.39 is 16.5 Å². The number of aromatic nitrogens is 2. The number of hydrogen-bond donors (Lipinski definition) is 0. The lowest BCUT2D eigenvalue weighted by atomic mass is 10.8. The van der Waals surface area contributed by atoms with Crippen molar-refractivity contribution in [2.45, 2.75) is 39.3 Å². The topological polar surface area (TPSA) is 7.76 Å². The molecule has 1 rings (SSSR count). The summed E-state index contributed by atoms with van der Waals surface area (Å²) in [6.07, 6.45) is 8.91. The quantitative estimate of drug-likeness (QED) is 0.677. The van der Waals surface area contributed by atoms with Crippen molar-refractivity contribution in [3.63, 3.8) is 0 Å². The molecule has 1 aromatic rings. The van der Waals surface area contributed by atoms with Crippen LogP contribution < -0.4 is 8.47 Å². The fourth-order valence-corrected chi connectivity index (χ4v) is 3.34. The Balaban J connectivity index is 3.02. The highest BCUT2D eigenvalue weighted by Crippen LogP contribution is 1.95. The fraction of sp³-hybridized carbons (Fsp3) is 0.600. The van der Waals surface area contributed by atoms with E-state index in [9.17, 15) is 0 Å². The predicted molar refractivity (Wildman–Crippen MR) is 64.3 cm³/mol. The lowest BCUT2D eigenvalue weighted by Crippen LogP contribution is -2.63. The smallest absolute Gasteiger partial charge is 0.270 e. The van der Waals surface area contributed by atoms with Crippen molar-refractivity contribution in [3.8, 4) is 0 Å². The van der Waals surface area contributed by atoms with E-state index in [2.05, 4.69) is 72.5 Å². The van der Waals surface area contributed by atoms with E-state index in [1.54, 1.807) is 0 Å². The summed E-state index contributed by atoms with van der Waals surface area (Å²) in [5.41, 5.74) is 0. The molecule has 0 unspecified atom stereocenters. The minimum atomic E-state index is -1.20. The van der Waals surface area contributed by atoms with Gasteiger partial charge in [0, 0.05) is 0 Å². The number of nitrogens with zero attached hydrogens (tertiary/aromatic N) is 2. The average molecular weight is 226 g/mol. The maximum Gasteiger partial charge on any atom is 0.354 e. The Bertz CT molecular complexity index is 273. The maximum atomic E-state index is 2.38. The van der Waals surface area contributed by atoms with Gasteiger partial charge in [0.05, 0.1) is 0 Å². The molecule has 0 bridgehead atoms. The van der Waals surface area contributed by atoms with Gasteiger partial charge in [0.25, 0.3) is 0 Å².